The molecule has 94 valence electrons. The van der Waals surface area contributed by atoms with E-state index in [0.29, 0.717) is 0 Å². The second-order valence-corrected chi connectivity index (χ2v) is 4.86. The van der Waals surface area contributed by atoms with Crippen LogP contribution in [-0.2, 0) is 4.74 Å². The third kappa shape index (κ3) is 4.85. The second kappa shape index (κ2) is 5.66. The molecule has 4 heteroatoms. The van der Waals surface area contributed by atoms with Crippen LogP contribution in [0.1, 0.15) is 45.9 Å². The normalized spacial score (nSPS) is 12.9. The van der Waals surface area contributed by atoms with Crippen molar-refractivity contribution in [1.82, 2.24) is 10.3 Å². The largest absolute Gasteiger partial charge is 0.444 e. The first kappa shape index (κ1) is 13.5. The predicted octanol–water partition coefficient (Wildman–Crippen LogP) is 3.06. The van der Waals surface area contributed by atoms with E-state index in [1.165, 1.54) is 0 Å². The molecule has 1 aromatic rings. The smallest absolute Gasteiger partial charge is 0.408 e. The van der Waals surface area contributed by atoms with Crippen molar-refractivity contribution in [3.8, 4) is 0 Å². The molecular weight excluding hydrogens is 216 g/mol. The first-order valence-electron chi connectivity index (χ1n) is 5.83. The van der Waals surface area contributed by atoms with Crippen molar-refractivity contribution >= 4 is 6.09 Å². The number of nitrogens with one attached hydrogen (secondary N) is 1. The molecule has 1 N–H and O–H groups in total. The molecule has 0 fully saturated rings. The number of hydrogen-bond acceptors (Lipinski definition) is 3. The van der Waals surface area contributed by atoms with Gasteiger partial charge in [-0.05, 0) is 39.3 Å². The summed E-state index contributed by atoms with van der Waals surface area (Å²) in [6.45, 7) is 7.52. The van der Waals surface area contributed by atoms with Crippen LogP contribution in [0.25, 0.3) is 0 Å². The van der Waals surface area contributed by atoms with Crippen molar-refractivity contribution in [3.05, 3.63) is 30.1 Å². The Morgan fingerprint density at radius 2 is 2.18 bits per heavy atom. The molecular formula is C13H20N2O2. The van der Waals surface area contributed by atoms with Gasteiger partial charge in [0.1, 0.15) is 5.60 Å². The highest BCUT2D eigenvalue weighted by Crippen LogP contribution is 2.15. The number of pyridine rings is 1. The number of carbonyl (C=O) groups is 1. The number of nitrogens with zero attached hydrogens (tertiary/aromatic N) is 1. The molecule has 0 saturated carbocycles. The standard InChI is InChI=1S/C13H20N2O2/c1-5-10(11-8-6-7-9-14-11)15-12(16)17-13(2,3)4/h6-10H,5H2,1-4H3,(H,15,16). The molecule has 0 bridgehead atoms. The number of hydrogen-bond donors (Lipinski definition) is 1. The molecule has 0 radical (unpaired) electrons. The summed E-state index contributed by atoms with van der Waals surface area (Å²) in [5.74, 6) is 0. The fraction of sp³-hybridized carbons (Fsp3) is 0.538. The highest BCUT2D eigenvalue weighted by atomic mass is 16.6. The van der Waals surface area contributed by atoms with Gasteiger partial charge in [0.25, 0.3) is 0 Å². The lowest BCUT2D eigenvalue weighted by Crippen LogP contribution is -2.35. The lowest BCUT2D eigenvalue weighted by molar-refractivity contribution is 0.0501. The average Bonchev–Trinajstić information content (AvgIpc) is 2.24. The molecule has 0 saturated heterocycles. The molecule has 1 rings (SSSR count). The Kier molecular flexibility index (Phi) is 4.49. The molecule has 1 aromatic heterocycles. The van der Waals surface area contributed by atoms with E-state index in [9.17, 15) is 4.79 Å². The molecule has 0 aromatic carbocycles. The van der Waals surface area contributed by atoms with Crippen molar-refractivity contribution in [2.45, 2.75) is 45.8 Å². The van der Waals surface area contributed by atoms with Gasteiger partial charge in [0.05, 0.1) is 11.7 Å². The van der Waals surface area contributed by atoms with Gasteiger partial charge in [0, 0.05) is 6.20 Å². The van der Waals surface area contributed by atoms with E-state index in [1.54, 1.807) is 6.20 Å². The number of aromatic nitrogens is 1. The van der Waals surface area contributed by atoms with E-state index in [-0.39, 0.29) is 6.04 Å². The summed E-state index contributed by atoms with van der Waals surface area (Å²) >= 11 is 0. The van der Waals surface area contributed by atoms with E-state index in [4.69, 9.17) is 4.74 Å². The third-order valence-electron chi connectivity index (χ3n) is 2.14. The highest BCUT2D eigenvalue weighted by Gasteiger charge is 2.19. The van der Waals surface area contributed by atoms with Crippen molar-refractivity contribution in [2.24, 2.45) is 0 Å². The molecule has 0 aliphatic carbocycles. The number of ether oxygens (including phenoxy) is 1. The summed E-state index contributed by atoms with van der Waals surface area (Å²) in [6.07, 6.45) is 2.08. The van der Waals surface area contributed by atoms with E-state index in [2.05, 4.69) is 10.3 Å². The fourth-order valence-corrected chi connectivity index (χ4v) is 1.42. The van der Waals surface area contributed by atoms with E-state index in [0.717, 1.165) is 12.1 Å². The number of carbonyl (C=O) groups excluding carboxylic acids is 1. The van der Waals surface area contributed by atoms with Crippen LogP contribution in [0.5, 0.6) is 0 Å². The Hall–Kier alpha value is -1.58. The summed E-state index contributed by atoms with van der Waals surface area (Å²) in [4.78, 5) is 15.9. The van der Waals surface area contributed by atoms with Crippen LogP contribution in [0.4, 0.5) is 4.79 Å². The van der Waals surface area contributed by atoms with Crippen LogP contribution >= 0.6 is 0 Å². The van der Waals surface area contributed by atoms with Crippen molar-refractivity contribution in [2.75, 3.05) is 0 Å². The monoisotopic (exact) mass is 236 g/mol. The summed E-state index contributed by atoms with van der Waals surface area (Å²) in [5, 5.41) is 2.82. The van der Waals surface area contributed by atoms with Crippen LogP contribution in [0.3, 0.4) is 0 Å². The highest BCUT2D eigenvalue weighted by molar-refractivity contribution is 5.68. The molecule has 1 unspecified atom stereocenters. The minimum atomic E-state index is -0.480. The fourth-order valence-electron chi connectivity index (χ4n) is 1.42. The van der Waals surface area contributed by atoms with Gasteiger partial charge in [-0.25, -0.2) is 4.79 Å². The first-order chi connectivity index (χ1) is 7.92. The lowest BCUT2D eigenvalue weighted by Gasteiger charge is -2.22. The SMILES string of the molecule is CCC(NC(=O)OC(C)(C)C)c1ccccn1. The molecule has 17 heavy (non-hydrogen) atoms. The third-order valence-corrected chi connectivity index (χ3v) is 2.14. The number of alkyl carbamates (subject to hydrolysis) is 1. The van der Waals surface area contributed by atoms with Gasteiger partial charge in [-0.1, -0.05) is 13.0 Å². The summed E-state index contributed by atoms with van der Waals surface area (Å²) in [7, 11) is 0. The van der Waals surface area contributed by atoms with Crippen molar-refractivity contribution in [1.29, 1.82) is 0 Å². The lowest BCUT2D eigenvalue weighted by atomic mass is 10.1. The topological polar surface area (TPSA) is 51.2 Å². The molecule has 1 atom stereocenters. The molecule has 0 spiro atoms. The van der Waals surface area contributed by atoms with Gasteiger partial charge in [-0.3, -0.25) is 4.98 Å². The van der Waals surface area contributed by atoms with E-state index in [1.807, 2.05) is 45.9 Å². The molecule has 0 aliphatic rings. The van der Waals surface area contributed by atoms with Crippen molar-refractivity contribution in [3.63, 3.8) is 0 Å². The zero-order valence-electron chi connectivity index (χ0n) is 10.9. The van der Waals surface area contributed by atoms with Crippen LogP contribution in [-0.4, -0.2) is 16.7 Å². The average molecular weight is 236 g/mol. The molecule has 1 heterocycles. The maximum absolute atomic E-state index is 11.6. The van der Waals surface area contributed by atoms with E-state index < -0.39 is 11.7 Å². The van der Waals surface area contributed by atoms with Gasteiger partial charge >= 0.3 is 6.09 Å². The van der Waals surface area contributed by atoms with Crippen LogP contribution in [0.2, 0.25) is 0 Å². The second-order valence-electron chi connectivity index (χ2n) is 4.86. The maximum atomic E-state index is 11.6. The Labute approximate surface area is 102 Å². The number of rotatable bonds is 3. The minimum absolute atomic E-state index is 0.106. The number of amides is 1. The van der Waals surface area contributed by atoms with Gasteiger partial charge in [0.15, 0.2) is 0 Å². The summed E-state index contributed by atoms with van der Waals surface area (Å²) in [5.41, 5.74) is 0.368. The van der Waals surface area contributed by atoms with Crippen LogP contribution < -0.4 is 5.32 Å². The van der Waals surface area contributed by atoms with Gasteiger partial charge in [-0.2, -0.15) is 0 Å². The van der Waals surface area contributed by atoms with Gasteiger partial charge in [-0.15, -0.1) is 0 Å². The van der Waals surface area contributed by atoms with Gasteiger partial charge in [0.2, 0.25) is 0 Å². The quantitative estimate of drug-likeness (QED) is 0.877. The van der Waals surface area contributed by atoms with Crippen LogP contribution in [0.15, 0.2) is 24.4 Å². The Morgan fingerprint density at radius 1 is 1.47 bits per heavy atom. The first-order valence-corrected chi connectivity index (χ1v) is 5.83. The zero-order chi connectivity index (χ0) is 12.9. The van der Waals surface area contributed by atoms with Crippen molar-refractivity contribution < 1.29 is 9.53 Å². The minimum Gasteiger partial charge on any atom is -0.444 e. The summed E-state index contributed by atoms with van der Waals surface area (Å²) < 4.78 is 5.21. The van der Waals surface area contributed by atoms with Crippen LogP contribution in [0, 0.1) is 0 Å². The Balaban J connectivity index is 2.62. The molecule has 0 aliphatic heterocycles. The molecule has 4 nitrogen and oxygen atoms in total. The Bertz CT molecular complexity index is 357. The maximum Gasteiger partial charge on any atom is 0.408 e. The summed E-state index contributed by atoms with van der Waals surface area (Å²) in [6, 6.07) is 5.54. The zero-order valence-corrected chi connectivity index (χ0v) is 10.9. The van der Waals surface area contributed by atoms with Gasteiger partial charge < -0.3 is 10.1 Å². The predicted molar refractivity (Wildman–Crippen MR) is 66.6 cm³/mol. The van der Waals surface area contributed by atoms with E-state index >= 15 is 0 Å². The Morgan fingerprint density at radius 3 is 2.65 bits per heavy atom. The molecule has 1 amide bonds.